The Morgan fingerprint density at radius 1 is 1.04 bits per heavy atom. The molecule has 0 unspecified atom stereocenters. The molecule has 28 heavy (non-hydrogen) atoms. The highest BCUT2D eigenvalue weighted by Gasteiger charge is 2.11. The molecular formula is C21H22N4O3. The highest BCUT2D eigenvalue weighted by atomic mass is 16.5. The lowest BCUT2D eigenvalue weighted by Gasteiger charge is -2.11. The van der Waals surface area contributed by atoms with E-state index in [1.165, 1.54) is 12.4 Å². The molecule has 2 aromatic carbocycles. The summed E-state index contributed by atoms with van der Waals surface area (Å²) in [5, 5.41) is 5.95. The first kappa shape index (κ1) is 19.2. The average Bonchev–Trinajstić information content (AvgIpc) is 2.74. The van der Waals surface area contributed by atoms with Crippen LogP contribution < -0.4 is 20.1 Å². The van der Waals surface area contributed by atoms with Gasteiger partial charge in [-0.1, -0.05) is 24.3 Å². The highest BCUT2D eigenvalue weighted by molar-refractivity contribution is 6.04. The maximum Gasteiger partial charge on any atom is 0.258 e. The maximum absolute atomic E-state index is 12.4. The zero-order valence-corrected chi connectivity index (χ0v) is 15.8. The fourth-order valence-corrected chi connectivity index (χ4v) is 2.51. The van der Waals surface area contributed by atoms with Crippen molar-refractivity contribution in [1.82, 2.24) is 9.97 Å². The summed E-state index contributed by atoms with van der Waals surface area (Å²) >= 11 is 0. The molecule has 0 aliphatic carbocycles. The number of rotatable bonds is 8. The lowest BCUT2D eigenvalue weighted by Crippen LogP contribution is -2.14. The molecule has 1 amide bonds. The van der Waals surface area contributed by atoms with E-state index < -0.39 is 0 Å². The Labute approximate surface area is 163 Å². The van der Waals surface area contributed by atoms with Crippen molar-refractivity contribution in [2.24, 2.45) is 0 Å². The Kier molecular flexibility index (Phi) is 6.41. The number of nitrogens with zero attached hydrogens (tertiary/aromatic N) is 2. The van der Waals surface area contributed by atoms with Gasteiger partial charge in [-0.25, -0.2) is 9.97 Å². The van der Waals surface area contributed by atoms with Gasteiger partial charge in [0.2, 0.25) is 5.95 Å². The molecule has 3 aromatic rings. The standard InChI is InChI=1S/C21H22N4O3/c1-3-28-19-7-5-4-6-18(19)25-20(26)16-13-23-21(24-14-16)22-12-15-8-10-17(27-2)11-9-15/h4-11,13-14H,3,12H2,1-2H3,(H,25,26)(H,22,23,24). The molecule has 0 spiro atoms. The Bertz CT molecular complexity index is 912. The maximum atomic E-state index is 12.4. The van der Waals surface area contributed by atoms with Crippen molar-refractivity contribution < 1.29 is 14.3 Å². The van der Waals surface area contributed by atoms with Gasteiger partial charge < -0.3 is 20.1 Å². The van der Waals surface area contributed by atoms with E-state index in [9.17, 15) is 4.79 Å². The van der Waals surface area contributed by atoms with E-state index in [4.69, 9.17) is 9.47 Å². The number of amides is 1. The van der Waals surface area contributed by atoms with Crippen molar-refractivity contribution in [1.29, 1.82) is 0 Å². The molecular weight excluding hydrogens is 356 g/mol. The Morgan fingerprint density at radius 2 is 1.75 bits per heavy atom. The smallest absolute Gasteiger partial charge is 0.258 e. The van der Waals surface area contributed by atoms with Crippen LogP contribution in [0, 0.1) is 0 Å². The minimum atomic E-state index is -0.297. The average molecular weight is 378 g/mol. The molecule has 2 N–H and O–H groups in total. The lowest BCUT2D eigenvalue weighted by atomic mass is 10.2. The molecule has 0 saturated heterocycles. The normalized spacial score (nSPS) is 10.2. The zero-order chi connectivity index (χ0) is 19.8. The van der Waals surface area contributed by atoms with Gasteiger partial charge in [-0.05, 0) is 36.8 Å². The number of methoxy groups -OCH3 is 1. The number of hydrogen-bond acceptors (Lipinski definition) is 6. The summed E-state index contributed by atoms with van der Waals surface area (Å²) in [6.45, 7) is 2.98. The molecule has 1 aromatic heterocycles. The predicted octanol–water partition coefficient (Wildman–Crippen LogP) is 3.75. The van der Waals surface area contributed by atoms with Crippen LogP contribution in [0.2, 0.25) is 0 Å². The molecule has 1 heterocycles. The van der Waals surface area contributed by atoms with Crippen LogP contribution in [0.5, 0.6) is 11.5 Å². The second-order valence-electron chi connectivity index (χ2n) is 5.88. The summed E-state index contributed by atoms with van der Waals surface area (Å²) in [5.74, 6) is 1.58. The summed E-state index contributed by atoms with van der Waals surface area (Å²) in [4.78, 5) is 20.9. The molecule has 0 bridgehead atoms. The van der Waals surface area contributed by atoms with E-state index in [1.54, 1.807) is 13.2 Å². The first-order valence-corrected chi connectivity index (χ1v) is 8.91. The summed E-state index contributed by atoms with van der Waals surface area (Å²) in [5.41, 5.74) is 2.04. The van der Waals surface area contributed by atoms with Crippen molar-refractivity contribution in [3.8, 4) is 11.5 Å². The van der Waals surface area contributed by atoms with E-state index in [2.05, 4.69) is 20.6 Å². The van der Waals surface area contributed by atoms with Gasteiger partial charge in [0.15, 0.2) is 0 Å². The molecule has 0 atom stereocenters. The number of hydrogen-bond donors (Lipinski definition) is 2. The second kappa shape index (κ2) is 9.36. The number of anilines is 2. The van der Waals surface area contributed by atoms with Crippen LogP contribution in [0.15, 0.2) is 60.9 Å². The van der Waals surface area contributed by atoms with E-state index >= 15 is 0 Å². The van der Waals surface area contributed by atoms with Gasteiger partial charge in [-0.15, -0.1) is 0 Å². The van der Waals surface area contributed by atoms with Crippen molar-refractivity contribution in [3.63, 3.8) is 0 Å². The van der Waals surface area contributed by atoms with Crippen LogP contribution in [0.25, 0.3) is 0 Å². The molecule has 0 radical (unpaired) electrons. The van der Waals surface area contributed by atoms with E-state index in [0.29, 0.717) is 36.1 Å². The molecule has 0 saturated carbocycles. The van der Waals surface area contributed by atoms with Crippen molar-refractivity contribution >= 4 is 17.5 Å². The number of benzene rings is 2. The minimum Gasteiger partial charge on any atom is -0.497 e. The monoisotopic (exact) mass is 378 g/mol. The number of carbonyl (C=O) groups excluding carboxylic acids is 1. The van der Waals surface area contributed by atoms with Gasteiger partial charge in [-0.2, -0.15) is 0 Å². The predicted molar refractivity (Wildman–Crippen MR) is 108 cm³/mol. The largest absolute Gasteiger partial charge is 0.497 e. The third-order valence-electron chi connectivity index (χ3n) is 3.96. The lowest BCUT2D eigenvalue weighted by molar-refractivity contribution is 0.102. The molecule has 7 nitrogen and oxygen atoms in total. The van der Waals surface area contributed by atoms with E-state index in [1.807, 2.05) is 49.4 Å². The number of para-hydroxylation sites is 2. The molecule has 0 fully saturated rings. The zero-order valence-electron chi connectivity index (χ0n) is 15.8. The summed E-state index contributed by atoms with van der Waals surface area (Å²) in [7, 11) is 1.63. The van der Waals surface area contributed by atoms with Crippen molar-refractivity contribution in [2.45, 2.75) is 13.5 Å². The van der Waals surface area contributed by atoms with Crippen LogP contribution in [-0.2, 0) is 6.54 Å². The summed E-state index contributed by atoms with van der Waals surface area (Å²) in [6, 6.07) is 15.0. The Morgan fingerprint density at radius 3 is 2.43 bits per heavy atom. The first-order chi connectivity index (χ1) is 13.7. The molecule has 3 rings (SSSR count). The third-order valence-corrected chi connectivity index (χ3v) is 3.96. The van der Waals surface area contributed by atoms with Gasteiger partial charge >= 0.3 is 0 Å². The topological polar surface area (TPSA) is 85.4 Å². The number of carbonyl (C=O) groups is 1. The van der Waals surface area contributed by atoms with Gasteiger partial charge in [0, 0.05) is 18.9 Å². The summed E-state index contributed by atoms with van der Waals surface area (Å²) in [6.07, 6.45) is 2.98. The number of ether oxygens (including phenoxy) is 2. The van der Waals surface area contributed by atoms with Crippen molar-refractivity contribution in [2.75, 3.05) is 24.4 Å². The van der Waals surface area contributed by atoms with Crippen molar-refractivity contribution in [3.05, 3.63) is 72.1 Å². The van der Waals surface area contributed by atoms with Gasteiger partial charge in [0.05, 0.1) is 25.0 Å². The Balaban J connectivity index is 1.59. The third kappa shape index (κ3) is 4.97. The van der Waals surface area contributed by atoms with E-state index in [0.717, 1.165) is 11.3 Å². The van der Waals surface area contributed by atoms with Crippen LogP contribution >= 0.6 is 0 Å². The van der Waals surface area contributed by atoms with Crippen LogP contribution in [0.4, 0.5) is 11.6 Å². The van der Waals surface area contributed by atoms with Gasteiger partial charge in [0.25, 0.3) is 5.91 Å². The van der Waals surface area contributed by atoms with E-state index in [-0.39, 0.29) is 5.91 Å². The van der Waals surface area contributed by atoms with Crippen LogP contribution in [-0.4, -0.2) is 29.6 Å². The van der Waals surface area contributed by atoms with Crippen LogP contribution in [0.3, 0.4) is 0 Å². The minimum absolute atomic E-state index is 0.297. The number of aromatic nitrogens is 2. The molecule has 0 aliphatic heterocycles. The van der Waals surface area contributed by atoms with Gasteiger partial charge in [0.1, 0.15) is 11.5 Å². The number of nitrogens with one attached hydrogen (secondary N) is 2. The van der Waals surface area contributed by atoms with Gasteiger partial charge in [-0.3, -0.25) is 4.79 Å². The molecule has 0 aliphatic rings. The fraction of sp³-hybridized carbons (Fsp3) is 0.190. The SMILES string of the molecule is CCOc1ccccc1NC(=O)c1cnc(NCc2ccc(OC)cc2)nc1. The first-order valence-electron chi connectivity index (χ1n) is 8.91. The highest BCUT2D eigenvalue weighted by Crippen LogP contribution is 2.24. The second-order valence-corrected chi connectivity index (χ2v) is 5.88. The molecule has 144 valence electrons. The Hall–Kier alpha value is -3.61. The van der Waals surface area contributed by atoms with Crippen LogP contribution in [0.1, 0.15) is 22.8 Å². The fourth-order valence-electron chi connectivity index (χ4n) is 2.51. The quantitative estimate of drug-likeness (QED) is 0.621. The molecule has 7 heteroatoms. The summed E-state index contributed by atoms with van der Waals surface area (Å²) < 4.78 is 10.7.